The number of pyridine rings is 2. The molecule has 0 radical (unpaired) electrons. The maximum atomic E-state index is 6.19. The van der Waals surface area contributed by atoms with Gasteiger partial charge in [0.2, 0.25) is 0 Å². The molecule has 7 nitrogen and oxygen atoms in total. The van der Waals surface area contributed by atoms with Gasteiger partial charge in [-0.2, -0.15) is 0 Å². The molecular formula is C23H23N5O2. The van der Waals surface area contributed by atoms with Gasteiger partial charge in [0.05, 0.1) is 12.8 Å². The highest BCUT2D eigenvalue weighted by atomic mass is 16.6. The SMILES string of the molecule is Nc1nccc2c(NCC34COC(COc5ccc6nccn6c5)(C3)C4)cccc12. The lowest BCUT2D eigenvalue weighted by Crippen LogP contribution is -2.51. The van der Waals surface area contributed by atoms with Crippen LogP contribution in [0.3, 0.4) is 0 Å². The quantitative estimate of drug-likeness (QED) is 0.514. The molecule has 0 unspecified atom stereocenters. The number of hydrogen-bond donors (Lipinski definition) is 2. The maximum Gasteiger partial charge on any atom is 0.136 e. The predicted molar refractivity (Wildman–Crippen MR) is 116 cm³/mol. The number of nitrogen functional groups attached to an aromatic ring is 1. The number of rotatable bonds is 6. The predicted octanol–water partition coefficient (Wildman–Crippen LogP) is 3.50. The van der Waals surface area contributed by atoms with Crippen molar-refractivity contribution in [3.63, 3.8) is 0 Å². The van der Waals surface area contributed by atoms with Crippen LogP contribution in [0.4, 0.5) is 11.5 Å². The number of hydrogen-bond acceptors (Lipinski definition) is 6. The smallest absolute Gasteiger partial charge is 0.136 e. The first-order chi connectivity index (χ1) is 14.6. The summed E-state index contributed by atoms with van der Waals surface area (Å²) in [6.07, 6.45) is 9.44. The zero-order chi connectivity index (χ0) is 20.2. The van der Waals surface area contributed by atoms with E-state index in [2.05, 4.69) is 21.4 Å². The minimum Gasteiger partial charge on any atom is -0.489 e. The number of nitrogens with zero attached hydrogens (tertiary/aromatic N) is 3. The van der Waals surface area contributed by atoms with Gasteiger partial charge < -0.3 is 24.9 Å². The van der Waals surface area contributed by atoms with Gasteiger partial charge in [0.15, 0.2) is 0 Å². The Labute approximate surface area is 173 Å². The van der Waals surface area contributed by atoms with Gasteiger partial charge in [-0.15, -0.1) is 0 Å². The van der Waals surface area contributed by atoms with E-state index in [4.69, 9.17) is 15.2 Å². The molecule has 3 N–H and O–H groups in total. The van der Waals surface area contributed by atoms with Crippen LogP contribution in [0, 0.1) is 5.41 Å². The lowest BCUT2D eigenvalue weighted by molar-refractivity contribution is -0.0482. The van der Waals surface area contributed by atoms with Gasteiger partial charge in [0, 0.05) is 47.0 Å². The normalized spacial score (nSPS) is 24.8. The molecule has 3 fully saturated rings. The number of ether oxygens (including phenoxy) is 2. The second-order valence-corrected chi connectivity index (χ2v) is 8.62. The number of anilines is 2. The minimum absolute atomic E-state index is 0.165. The highest BCUT2D eigenvalue weighted by molar-refractivity contribution is 5.99. The van der Waals surface area contributed by atoms with Gasteiger partial charge in [-0.1, -0.05) is 12.1 Å². The van der Waals surface area contributed by atoms with E-state index in [0.717, 1.165) is 53.8 Å². The van der Waals surface area contributed by atoms with Crippen LogP contribution in [0.25, 0.3) is 16.4 Å². The lowest BCUT2D eigenvalue weighted by atomic mass is 9.62. The third kappa shape index (κ3) is 2.77. The van der Waals surface area contributed by atoms with Crippen molar-refractivity contribution < 1.29 is 9.47 Å². The van der Waals surface area contributed by atoms with Crippen LogP contribution in [0.5, 0.6) is 5.75 Å². The number of imidazole rings is 1. The number of nitrogens with two attached hydrogens (primary N) is 1. The standard InChI is InChI=1S/C23H23N5O2/c24-21-18-2-1-3-19(17(18)6-7-26-21)27-13-22-11-23(12-22,30-14-22)15-29-16-4-5-20-25-8-9-28(20)10-16/h1-10,27H,11-15H2,(H2,24,26). The van der Waals surface area contributed by atoms with Crippen molar-refractivity contribution in [1.29, 1.82) is 0 Å². The van der Waals surface area contributed by atoms with E-state index in [1.807, 2.05) is 47.1 Å². The average molecular weight is 401 g/mol. The lowest BCUT2D eigenvalue weighted by Gasteiger charge is -2.44. The molecule has 2 aliphatic heterocycles. The van der Waals surface area contributed by atoms with Crippen molar-refractivity contribution in [2.75, 3.05) is 30.8 Å². The number of nitrogens with one attached hydrogen (secondary N) is 1. The van der Waals surface area contributed by atoms with E-state index in [9.17, 15) is 0 Å². The van der Waals surface area contributed by atoms with Gasteiger partial charge >= 0.3 is 0 Å². The molecule has 7 heteroatoms. The van der Waals surface area contributed by atoms with E-state index in [0.29, 0.717) is 12.4 Å². The van der Waals surface area contributed by atoms with Gasteiger partial charge in [0.25, 0.3) is 0 Å². The Morgan fingerprint density at radius 3 is 2.97 bits per heavy atom. The Morgan fingerprint density at radius 2 is 2.03 bits per heavy atom. The fourth-order valence-corrected chi connectivity index (χ4v) is 5.01. The molecule has 3 aliphatic rings. The van der Waals surface area contributed by atoms with Crippen LogP contribution in [-0.4, -0.2) is 39.7 Å². The van der Waals surface area contributed by atoms with E-state index in [1.54, 1.807) is 12.4 Å². The molecule has 0 atom stereocenters. The third-order valence-electron chi connectivity index (χ3n) is 6.43. The van der Waals surface area contributed by atoms with Crippen molar-refractivity contribution in [3.05, 3.63) is 61.2 Å². The summed E-state index contributed by atoms with van der Waals surface area (Å²) in [6, 6.07) is 12.0. The van der Waals surface area contributed by atoms with Crippen molar-refractivity contribution in [1.82, 2.24) is 14.4 Å². The largest absolute Gasteiger partial charge is 0.489 e. The molecule has 2 saturated heterocycles. The van der Waals surface area contributed by atoms with Crippen LogP contribution in [0.2, 0.25) is 0 Å². The summed E-state index contributed by atoms with van der Waals surface area (Å²) >= 11 is 0. The zero-order valence-corrected chi connectivity index (χ0v) is 16.5. The molecule has 5 heterocycles. The zero-order valence-electron chi connectivity index (χ0n) is 16.5. The van der Waals surface area contributed by atoms with Crippen LogP contribution in [0.1, 0.15) is 12.8 Å². The number of fused-ring (bicyclic) bond motifs is 3. The Bertz CT molecular complexity index is 1240. The van der Waals surface area contributed by atoms with Gasteiger partial charge in [0.1, 0.15) is 29.4 Å². The summed E-state index contributed by atoms with van der Waals surface area (Å²) in [4.78, 5) is 8.45. The molecule has 0 amide bonds. The highest BCUT2D eigenvalue weighted by Gasteiger charge is 2.62. The number of aromatic nitrogens is 3. The maximum absolute atomic E-state index is 6.19. The highest BCUT2D eigenvalue weighted by Crippen LogP contribution is 2.57. The molecular weight excluding hydrogens is 378 g/mol. The van der Waals surface area contributed by atoms with Crippen LogP contribution >= 0.6 is 0 Å². The van der Waals surface area contributed by atoms with Gasteiger partial charge in [-0.3, -0.25) is 0 Å². The van der Waals surface area contributed by atoms with Gasteiger partial charge in [-0.25, -0.2) is 9.97 Å². The molecule has 7 rings (SSSR count). The summed E-state index contributed by atoms with van der Waals surface area (Å²) < 4.78 is 14.2. The summed E-state index contributed by atoms with van der Waals surface area (Å²) in [5.74, 6) is 1.40. The summed E-state index contributed by atoms with van der Waals surface area (Å²) in [5.41, 5.74) is 8.02. The van der Waals surface area contributed by atoms with Crippen LogP contribution in [0.15, 0.2) is 61.2 Å². The molecule has 3 aromatic heterocycles. The number of benzene rings is 1. The van der Waals surface area contributed by atoms with Crippen molar-refractivity contribution in [2.45, 2.75) is 18.4 Å². The minimum atomic E-state index is -0.168. The van der Waals surface area contributed by atoms with Crippen molar-refractivity contribution >= 4 is 27.9 Å². The molecule has 1 aromatic carbocycles. The first kappa shape index (κ1) is 17.5. The Kier molecular flexibility index (Phi) is 3.70. The van der Waals surface area contributed by atoms with E-state index in [1.165, 1.54) is 0 Å². The van der Waals surface area contributed by atoms with E-state index >= 15 is 0 Å². The summed E-state index contributed by atoms with van der Waals surface area (Å²) in [7, 11) is 0. The van der Waals surface area contributed by atoms with Crippen LogP contribution < -0.4 is 15.8 Å². The first-order valence-electron chi connectivity index (χ1n) is 10.2. The van der Waals surface area contributed by atoms with E-state index < -0.39 is 0 Å². The van der Waals surface area contributed by atoms with Crippen molar-refractivity contribution in [3.8, 4) is 5.75 Å². The topological polar surface area (TPSA) is 86.7 Å². The van der Waals surface area contributed by atoms with Crippen LogP contribution in [-0.2, 0) is 4.74 Å². The van der Waals surface area contributed by atoms with Crippen molar-refractivity contribution in [2.24, 2.45) is 5.41 Å². The summed E-state index contributed by atoms with van der Waals surface area (Å²) in [6.45, 7) is 2.21. The molecule has 1 saturated carbocycles. The first-order valence-corrected chi connectivity index (χ1v) is 10.2. The molecule has 1 aliphatic carbocycles. The molecule has 152 valence electrons. The molecule has 4 aromatic rings. The second-order valence-electron chi connectivity index (χ2n) is 8.62. The Balaban J connectivity index is 1.11. The van der Waals surface area contributed by atoms with E-state index in [-0.39, 0.29) is 11.0 Å². The fourth-order valence-electron chi connectivity index (χ4n) is 5.01. The monoisotopic (exact) mass is 401 g/mol. The molecule has 30 heavy (non-hydrogen) atoms. The Hall–Kier alpha value is -3.32. The Morgan fingerprint density at radius 1 is 1.10 bits per heavy atom. The molecule has 2 bridgehead atoms. The van der Waals surface area contributed by atoms with Gasteiger partial charge in [-0.05, 0) is 37.1 Å². The molecule has 0 spiro atoms. The summed E-state index contributed by atoms with van der Waals surface area (Å²) in [5, 5.41) is 5.71. The third-order valence-corrected chi connectivity index (χ3v) is 6.43. The average Bonchev–Trinajstić information content (AvgIpc) is 3.44. The fraction of sp³-hybridized carbons (Fsp3) is 0.304. The second kappa shape index (κ2) is 6.34.